The van der Waals surface area contributed by atoms with Crippen LogP contribution in [0.2, 0.25) is 5.02 Å². The van der Waals surface area contributed by atoms with Crippen molar-refractivity contribution in [3.8, 4) is 0 Å². The van der Waals surface area contributed by atoms with Crippen molar-refractivity contribution in [2.75, 3.05) is 13.7 Å². The van der Waals surface area contributed by atoms with E-state index in [4.69, 9.17) is 16.3 Å². The molecule has 1 aromatic rings. The molecule has 0 aliphatic carbocycles. The van der Waals surface area contributed by atoms with Crippen molar-refractivity contribution in [3.63, 3.8) is 0 Å². The van der Waals surface area contributed by atoms with Gasteiger partial charge in [0.05, 0.1) is 10.6 Å². The summed E-state index contributed by atoms with van der Waals surface area (Å²) in [7, 11) is -2.32. The molecule has 0 aromatic heterocycles. The lowest BCUT2D eigenvalue weighted by Gasteiger charge is -2.21. The number of amides is 1. The van der Waals surface area contributed by atoms with Crippen LogP contribution in [0.15, 0.2) is 23.1 Å². The molecule has 1 aromatic carbocycles. The van der Waals surface area contributed by atoms with Crippen molar-refractivity contribution in [2.24, 2.45) is 0 Å². The molecule has 0 aliphatic rings. The van der Waals surface area contributed by atoms with Crippen molar-refractivity contribution in [1.29, 1.82) is 0 Å². The molecule has 0 fully saturated rings. The minimum atomic E-state index is -3.93. The molecule has 7 nitrogen and oxygen atoms in total. The van der Waals surface area contributed by atoms with E-state index in [-0.39, 0.29) is 27.4 Å². The number of hydrogen-bond acceptors (Lipinski definition) is 5. The minimum Gasteiger partial charge on any atom is -0.452 e. The fourth-order valence-corrected chi connectivity index (χ4v) is 3.84. The first kappa shape index (κ1) is 22.4. The van der Waals surface area contributed by atoms with Gasteiger partial charge in [-0.05, 0) is 52.8 Å². The van der Waals surface area contributed by atoms with Crippen LogP contribution >= 0.6 is 11.6 Å². The van der Waals surface area contributed by atoms with Crippen molar-refractivity contribution < 1.29 is 22.7 Å². The van der Waals surface area contributed by atoms with Crippen LogP contribution in [0.25, 0.3) is 0 Å². The van der Waals surface area contributed by atoms with E-state index in [1.54, 1.807) is 27.8 Å². The summed E-state index contributed by atoms with van der Waals surface area (Å²) in [5.41, 5.74) is -0.726. The van der Waals surface area contributed by atoms with Gasteiger partial charge >= 0.3 is 5.97 Å². The SMILES string of the molecule is CC(C)N(C)C(=O)COC(=O)c1ccc(Cl)c(S(=O)(=O)NC(C)(C)C)c1. The fourth-order valence-electron chi connectivity index (χ4n) is 1.89. The van der Waals surface area contributed by atoms with Crippen molar-refractivity contribution in [3.05, 3.63) is 28.8 Å². The molecule has 0 saturated heterocycles. The third kappa shape index (κ3) is 6.26. The highest BCUT2D eigenvalue weighted by atomic mass is 35.5. The molecule has 0 atom stereocenters. The van der Waals surface area contributed by atoms with Gasteiger partial charge in [0, 0.05) is 18.6 Å². The van der Waals surface area contributed by atoms with Gasteiger partial charge in [-0.25, -0.2) is 17.9 Å². The van der Waals surface area contributed by atoms with Crippen molar-refractivity contribution in [1.82, 2.24) is 9.62 Å². The quantitative estimate of drug-likeness (QED) is 0.735. The summed E-state index contributed by atoms with van der Waals surface area (Å²) in [6.45, 7) is 8.29. The van der Waals surface area contributed by atoms with E-state index in [1.165, 1.54) is 17.0 Å². The zero-order valence-corrected chi connectivity index (χ0v) is 17.4. The summed E-state index contributed by atoms with van der Waals surface area (Å²) in [4.78, 5) is 25.3. The number of sulfonamides is 1. The Kier molecular flexibility index (Phi) is 7.21. The van der Waals surface area contributed by atoms with Crippen molar-refractivity contribution in [2.45, 2.75) is 51.1 Å². The molecule has 0 bridgehead atoms. The predicted octanol–water partition coefficient (Wildman–Crippen LogP) is 2.44. The lowest BCUT2D eigenvalue weighted by atomic mass is 10.1. The summed E-state index contributed by atoms with van der Waals surface area (Å²) in [6, 6.07) is 3.75. The van der Waals surface area contributed by atoms with Gasteiger partial charge in [-0.1, -0.05) is 11.6 Å². The van der Waals surface area contributed by atoms with Crippen LogP contribution in [0.1, 0.15) is 45.0 Å². The van der Waals surface area contributed by atoms with Crippen LogP contribution in [0.5, 0.6) is 0 Å². The highest BCUT2D eigenvalue weighted by Crippen LogP contribution is 2.24. The first-order chi connectivity index (χ1) is 11.7. The number of ether oxygens (including phenoxy) is 1. The summed E-state index contributed by atoms with van der Waals surface area (Å²) in [5, 5.41) is -0.0195. The summed E-state index contributed by atoms with van der Waals surface area (Å²) >= 11 is 5.99. The largest absolute Gasteiger partial charge is 0.452 e. The number of esters is 1. The molecule has 9 heteroatoms. The molecular formula is C17H25ClN2O5S. The molecule has 0 aliphatic heterocycles. The van der Waals surface area contributed by atoms with Crippen LogP contribution < -0.4 is 4.72 Å². The number of carbonyl (C=O) groups excluding carboxylic acids is 2. The highest BCUT2D eigenvalue weighted by molar-refractivity contribution is 7.89. The lowest BCUT2D eigenvalue weighted by molar-refractivity contribution is -0.134. The molecule has 0 spiro atoms. The average molecular weight is 405 g/mol. The van der Waals surface area contributed by atoms with Gasteiger partial charge in [-0.2, -0.15) is 0 Å². The van der Waals surface area contributed by atoms with E-state index < -0.39 is 28.1 Å². The summed E-state index contributed by atoms with van der Waals surface area (Å²) in [6.07, 6.45) is 0. The third-order valence-electron chi connectivity index (χ3n) is 3.39. The Morgan fingerprint density at radius 1 is 1.27 bits per heavy atom. The normalized spacial score (nSPS) is 12.2. The van der Waals surface area contributed by atoms with E-state index >= 15 is 0 Å². The molecule has 0 saturated carbocycles. The fraction of sp³-hybridized carbons (Fsp3) is 0.529. The van der Waals surface area contributed by atoms with Crippen molar-refractivity contribution >= 4 is 33.5 Å². The van der Waals surface area contributed by atoms with E-state index in [2.05, 4.69) is 4.72 Å². The second kappa shape index (κ2) is 8.37. The maximum Gasteiger partial charge on any atom is 0.338 e. The molecule has 146 valence electrons. The van der Waals surface area contributed by atoms with Crippen LogP contribution in [0.3, 0.4) is 0 Å². The number of halogens is 1. The van der Waals surface area contributed by atoms with Gasteiger partial charge in [-0.3, -0.25) is 4.79 Å². The molecule has 1 amide bonds. The number of nitrogens with zero attached hydrogens (tertiary/aromatic N) is 1. The maximum absolute atomic E-state index is 12.5. The van der Waals surface area contributed by atoms with E-state index in [9.17, 15) is 18.0 Å². The number of likely N-dealkylation sites (N-methyl/N-ethyl adjacent to an activating group) is 1. The second-order valence-electron chi connectivity index (χ2n) is 7.18. The van der Waals surface area contributed by atoms with Crippen LogP contribution in [-0.4, -0.2) is 50.4 Å². The Morgan fingerprint density at radius 3 is 2.35 bits per heavy atom. The zero-order chi connectivity index (χ0) is 20.3. The van der Waals surface area contributed by atoms with E-state index in [1.807, 2.05) is 13.8 Å². The Morgan fingerprint density at radius 2 is 1.85 bits per heavy atom. The lowest BCUT2D eigenvalue weighted by Crippen LogP contribution is -2.40. The van der Waals surface area contributed by atoms with E-state index in [0.717, 1.165) is 6.07 Å². The van der Waals surface area contributed by atoms with Crippen LogP contribution in [-0.2, 0) is 19.6 Å². The molecule has 26 heavy (non-hydrogen) atoms. The highest BCUT2D eigenvalue weighted by Gasteiger charge is 2.26. The number of nitrogens with one attached hydrogen (secondary N) is 1. The zero-order valence-electron chi connectivity index (χ0n) is 15.8. The minimum absolute atomic E-state index is 0.0105. The molecular weight excluding hydrogens is 380 g/mol. The third-order valence-corrected chi connectivity index (χ3v) is 5.63. The first-order valence-corrected chi connectivity index (χ1v) is 9.87. The Labute approximate surface area is 159 Å². The number of carbonyl (C=O) groups is 2. The Balaban J connectivity index is 2.99. The molecule has 1 rings (SSSR count). The summed E-state index contributed by atoms with van der Waals surface area (Å²) in [5.74, 6) is -1.16. The van der Waals surface area contributed by atoms with Crippen LogP contribution in [0, 0.1) is 0 Å². The Bertz CT molecular complexity index is 785. The number of benzene rings is 1. The molecule has 0 radical (unpaired) electrons. The first-order valence-electron chi connectivity index (χ1n) is 8.01. The predicted molar refractivity (Wildman–Crippen MR) is 99.7 cm³/mol. The second-order valence-corrected chi connectivity index (χ2v) is 9.23. The molecule has 0 unspecified atom stereocenters. The standard InChI is InChI=1S/C17H25ClN2O5S/c1-11(2)20(6)15(21)10-25-16(22)12-7-8-13(18)14(9-12)26(23,24)19-17(3,4)5/h7-9,11,19H,10H2,1-6H3. The van der Waals surface area contributed by atoms with Gasteiger partial charge in [0.25, 0.3) is 5.91 Å². The summed E-state index contributed by atoms with van der Waals surface area (Å²) < 4.78 is 32.4. The van der Waals surface area contributed by atoms with Crippen LogP contribution in [0.4, 0.5) is 0 Å². The molecule has 1 N–H and O–H groups in total. The monoisotopic (exact) mass is 404 g/mol. The van der Waals surface area contributed by atoms with Gasteiger partial charge in [0.2, 0.25) is 10.0 Å². The molecule has 0 heterocycles. The Hall–Kier alpha value is -1.64. The van der Waals surface area contributed by atoms with Gasteiger partial charge in [0.1, 0.15) is 4.90 Å². The number of hydrogen-bond donors (Lipinski definition) is 1. The topological polar surface area (TPSA) is 92.8 Å². The smallest absolute Gasteiger partial charge is 0.338 e. The number of rotatable bonds is 6. The average Bonchev–Trinajstić information content (AvgIpc) is 2.49. The van der Waals surface area contributed by atoms with E-state index in [0.29, 0.717) is 0 Å². The van der Waals surface area contributed by atoms with Gasteiger partial charge < -0.3 is 9.64 Å². The van der Waals surface area contributed by atoms with Gasteiger partial charge in [-0.15, -0.1) is 0 Å². The van der Waals surface area contributed by atoms with Gasteiger partial charge in [0.15, 0.2) is 6.61 Å². The maximum atomic E-state index is 12.5.